The van der Waals surface area contributed by atoms with Gasteiger partial charge in [0.05, 0.1) is 5.30 Å². The van der Waals surface area contributed by atoms with E-state index >= 15 is 0 Å². The summed E-state index contributed by atoms with van der Waals surface area (Å²) in [4.78, 5) is 17.5. The fourth-order valence-corrected chi connectivity index (χ4v) is 2.59. The molecule has 0 aromatic heterocycles. The molecule has 0 spiro atoms. The standard InChI is InChI=1S/C6H8O5P2/c7-12(8)11-13(9,10)6-4-2-1-3-5-6/h1-5,12H,(H,7,8)(H,9,10). The van der Waals surface area contributed by atoms with Crippen molar-refractivity contribution in [2.75, 3.05) is 0 Å². The van der Waals surface area contributed by atoms with Gasteiger partial charge in [-0.15, -0.1) is 0 Å². The molecular weight excluding hydrogens is 214 g/mol. The molecule has 2 atom stereocenters. The molecule has 1 aromatic carbocycles. The largest absolute Gasteiger partial charge is 0.365 e. The normalized spacial score (nSPS) is 17.7. The van der Waals surface area contributed by atoms with Crippen molar-refractivity contribution >= 4 is 21.2 Å². The van der Waals surface area contributed by atoms with Crippen molar-refractivity contribution in [1.29, 1.82) is 0 Å². The first-order chi connectivity index (χ1) is 6.02. The van der Waals surface area contributed by atoms with Crippen LogP contribution in [-0.4, -0.2) is 9.79 Å². The van der Waals surface area contributed by atoms with Crippen LogP contribution in [0.5, 0.6) is 0 Å². The Morgan fingerprint density at radius 1 is 1.31 bits per heavy atom. The third kappa shape index (κ3) is 3.07. The molecule has 2 N–H and O–H groups in total. The van der Waals surface area contributed by atoms with Crippen LogP contribution in [0.4, 0.5) is 0 Å². The maximum absolute atomic E-state index is 11.2. The molecule has 1 aromatic rings. The van der Waals surface area contributed by atoms with Gasteiger partial charge in [0.15, 0.2) is 0 Å². The summed E-state index contributed by atoms with van der Waals surface area (Å²) in [6.45, 7) is 0. The van der Waals surface area contributed by atoms with Gasteiger partial charge in [0, 0.05) is 0 Å². The average molecular weight is 222 g/mol. The third-order valence-corrected chi connectivity index (χ3v) is 3.85. The highest BCUT2D eigenvalue weighted by atomic mass is 31.2. The first-order valence-corrected chi connectivity index (χ1v) is 6.17. The lowest BCUT2D eigenvalue weighted by atomic mass is 10.4. The second kappa shape index (κ2) is 4.18. The molecule has 0 heterocycles. The topological polar surface area (TPSA) is 83.8 Å². The van der Waals surface area contributed by atoms with Gasteiger partial charge in [-0.3, -0.25) is 9.13 Å². The quantitative estimate of drug-likeness (QED) is 0.742. The van der Waals surface area contributed by atoms with Gasteiger partial charge in [0.25, 0.3) is 0 Å². The fraction of sp³-hybridized carbons (Fsp3) is 0. The minimum atomic E-state index is -4.12. The van der Waals surface area contributed by atoms with E-state index in [1.807, 2.05) is 0 Å². The molecule has 0 aliphatic rings. The summed E-state index contributed by atoms with van der Waals surface area (Å²) in [5.41, 5.74) is 0. The Balaban J connectivity index is 2.95. The lowest BCUT2D eigenvalue weighted by Crippen LogP contribution is -2.03. The van der Waals surface area contributed by atoms with Crippen LogP contribution in [0.15, 0.2) is 30.3 Å². The van der Waals surface area contributed by atoms with E-state index in [1.165, 1.54) is 24.3 Å². The maximum Gasteiger partial charge on any atom is 0.365 e. The van der Waals surface area contributed by atoms with E-state index in [4.69, 9.17) is 9.79 Å². The molecule has 0 bridgehead atoms. The van der Waals surface area contributed by atoms with Crippen LogP contribution in [0, 0.1) is 0 Å². The molecule has 72 valence electrons. The monoisotopic (exact) mass is 222 g/mol. The van der Waals surface area contributed by atoms with Crippen LogP contribution in [0.25, 0.3) is 0 Å². The van der Waals surface area contributed by atoms with Gasteiger partial charge in [0.2, 0.25) is 0 Å². The average Bonchev–Trinajstić information content (AvgIpc) is 2.04. The zero-order valence-corrected chi connectivity index (χ0v) is 8.35. The van der Waals surface area contributed by atoms with Crippen molar-refractivity contribution in [2.45, 2.75) is 0 Å². The molecule has 2 unspecified atom stereocenters. The number of hydrogen-bond donors (Lipinski definition) is 2. The van der Waals surface area contributed by atoms with Gasteiger partial charge in [-0.2, -0.15) is 0 Å². The van der Waals surface area contributed by atoms with E-state index in [1.54, 1.807) is 6.07 Å². The Kier molecular flexibility index (Phi) is 3.42. The molecule has 0 saturated heterocycles. The zero-order valence-electron chi connectivity index (χ0n) is 6.45. The molecule has 0 radical (unpaired) electrons. The highest BCUT2D eigenvalue weighted by Crippen LogP contribution is 2.48. The minimum Gasteiger partial charge on any atom is -0.326 e. The summed E-state index contributed by atoms with van der Waals surface area (Å²) in [5, 5.41) is 0.00222. The molecule has 13 heavy (non-hydrogen) atoms. The minimum absolute atomic E-state index is 0.00222. The van der Waals surface area contributed by atoms with E-state index in [9.17, 15) is 9.13 Å². The van der Waals surface area contributed by atoms with Crippen LogP contribution in [0.2, 0.25) is 0 Å². The van der Waals surface area contributed by atoms with E-state index < -0.39 is 15.9 Å². The van der Waals surface area contributed by atoms with E-state index in [-0.39, 0.29) is 5.30 Å². The Labute approximate surface area is 75.5 Å². The van der Waals surface area contributed by atoms with Crippen LogP contribution in [0.3, 0.4) is 0 Å². The highest BCUT2D eigenvalue weighted by molar-refractivity contribution is 7.66. The lowest BCUT2D eigenvalue weighted by Gasteiger charge is -2.08. The van der Waals surface area contributed by atoms with E-state index in [0.29, 0.717) is 0 Å². The van der Waals surface area contributed by atoms with E-state index in [0.717, 1.165) is 0 Å². The fourth-order valence-electron chi connectivity index (χ4n) is 0.775. The first-order valence-electron chi connectivity index (χ1n) is 3.33. The smallest absolute Gasteiger partial charge is 0.326 e. The first kappa shape index (κ1) is 10.6. The Morgan fingerprint density at radius 2 is 1.85 bits per heavy atom. The van der Waals surface area contributed by atoms with Crippen molar-refractivity contribution in [3.63, 3.8) is 0 Å². The Bertz CT molecular complexity index is 349. The van der Waals surface area contributed by atoms with Crippen LogP contribution in [0.1, 0.15) is 0 Å². The zero-order chi connectivity index (χ0) is 9.90. The molecular formula is C6H8O5P2. The van der Waals surface area contributed by atoms with Gasteiger partial charge >= 0.3 is 15.9 Å². The van der Waals surface area contributed by atoms with Gasteiger partial charge < -0.3 is 9.79 Å². The SMILES string of the molecule is O=[PH](O)OP(=O)(O)c1ccccc1. The second-order valence-electron chi connectivity index (χ2n) is 2.21. The van der Waals surface area contributed by atoms with Crippen LogP contribution in [-0.2, 0) is 13.4 Å². The molecule has 0 fully saturated rings. The molecule has 1 rings (SSSR count). The number of benzene rings is 1. The summed E-state index contributed by atoms with van der Waals surface area (Å²) < 4.78 is 25.5. The van der Waals surface area contributed by atoms with Gasteiger partial charge in [-0.05, 0) is 12.1 Å². The van der Waals surface area contributed by atoms with Crippen molar-refractivity contribution in [3.8, 4) is 0 Å². The molecule has 5 nitrogen and oxygen atoms in total. The maximum atomic E-state index is 11.2. The van der Waals surface area contributed by atoms with Crippen molar-refractivity contribution in [2.24, 2.45) is 0 Å². The Hall–Kier alpha value is -0.440. The highest BCUT2D eigenvalue weighted by Gasteiger charge is 2.24. The third-order valence-electron chi connectivity index (χ3n) is 1.28. The van der Waals surface area contributed by atoms with Crippen molar-refractivity contribution < 1.29 is 23.2 Å². The molecule has 7 heteroatoms. The van der Waals surface area contributed by atoms with Gasteiger partial charge in [0.1, 0.15) is 0 Å². The predicted octanol–water partition coefficient (Wildman–Crippen LogP) is 0.896. The van der Waals surface area contributed by atoms with Crippen molar-refractivity contribution in [1.82, 2.24) is 0 Å². The van der Waals surface area contributed by atoms with Gasteiger partial charge in [-0.1, -0.05) is 18.2 Å². The number of hydrogen-bond acceptors (Lipinski definition) is 3. The van der Waals surface area contributed by atoms with E-state index in [2.05, 4.69) is 4.31 Å². The number of rotatable bonds is 3. The molecule has 0 amide bonds. The summed E-state index contributed by atoms with van der Waals surface area (Å²) in [6.07, 6.45) is 0. The summed E-state index contributed by atoms with van der Waals surface area (Å²) in [7, 11) is -7.52. The summed E-state index contributed by atoms with van der Waals surface area (Å²) >= 11 is 0. The van der Waals surface area contributed by atoms with Crippen LogP contribution < -0.4 is 5.30 Å². The Morgan fingerprint density at radius 3 is 2.31 bits per heavy atom. The lowest BCUT2D eigenvalue weighted by molar-refractivity contribution is 0.360. The second-order valence-corrected chi connectivity index (χ2v) is 5.03. The summed E-state index contributed by atoms with van der Waals surface area (Å²) in [6, 6.07) is 7.44. The molecule has 0 aliphatic carbocycles. The van der Waals surface area contributed by atoms with Crippen LogP contribution >= 0.6 is 15.9 Å². The molecule has 0 saturated carbocycles. The van der Waals surface area contributed by atoms with Crippen molar-refractivity contribution in [3.05, 3.63) is 30.3 Å². The molecule has 0 aliphatic heterocycles. The summed E-state index contributed by atoms with van der Waals surface area (Å²) in [5.74, 6) is 0. The predicted molar refractivity (Wildman–Crippen MR) is 48.2 cm³/mol. The van der Waals surface area contributed by atoms with Gasteiger partial charge in [-0.25, -0.2) is 4.31 Å².